The largest absolute Gasteiger partial charge is 0.282 e. The molecule has 2 heterocycles. The number of piperidine rings is 1. The quantitative estimate of drug-likeness (QED) is 0.790. The first-order chi connectivity index (χ1) is 13.1. The van der Waals surface area contributed by atoms with Crippen LogP contribution in [-0.4, -0.2) is 36.7 Å². The molecule has 2 aliphatic rings. The van der Waals surface area contributed by atoms with Crippen LogP contribution in [0, 0.1) is 5.92 Å². The van der Waals surface area contributed by atoms with Crippen molar-refractivity contribution in [2.24, 2.45) is 5.92 Å². The van der Waals surface area contributed by atoms with E-state index < -0.39 is 10.2 Å². The van der Waals surface area contributed by atoms with Crippen LogP contribution < -0.4 is 0 Å². The monoisotopic (exact) mass is 384 g/mol. The molecule has 0 amide bonds. The summed E-state index contributed by atoms with van der Waals surface area (Å²) in [6.45, 7) is 2.40. The van der Waals surface area contributed by atoms with Crippen LogP contribution in [0.3, 0.4) is 0 Å². The van der Waals surface area contributed by atoms with E-state index in [1.165, 1.54) is 11.1 Å². The fourth-order valence-corrected chi connectivity index (χ4v) is 5.90. The topological polar surface area (TPSA) is 40.6 Å². The van der Waals surface area contributed by atoms with Crippen molar-refractivity contribution in [3.8, 4) is 0 Å². The molecular weight excluding hydrogens is 356 g/mol. The molecule has 1 saturated heterocycles. The van der Waals surface area contributed by atoms with Crippen molar-refractivity contribution < 1.29 is 8.42 Å². The van der Waals surface area contributed by atoms with Crippen molar-refractivity contribution >= 4 is 10.2 Å². The molecule has 0 saturated carbocycles. The van der Waals surface area contributed by atoms with Crippen LogP contribution in [0.2, 0.25) is 0 Å². The molecule has 4 rings (SSSR count). The average molecular weight is 385 g/mol. The second-order valence-electron chi connectivity index (χ2n) is 7.73. The zero-order valence-corrected chi connectivity index (χ0v) is 16.6. The molecule has 2 aliphatic heterocycles. The Kier molecular flexibility index (Phi) is 5.62. The van der Waals surface area contributed by atoms with Gasteiger partial charge in [0, 0.05) is 26.2 Å². The number of hydrogen-bond donors (Lipinski definition) is 0. The van der Waals surface area contributed by atoms with Gasteiger partial charge in [0.1, 0.15) is 0 Å². The molecule has 0 atom stereocenters. The molecule has 0 N–H and O–H groups in total. The Bertz CT molecular complexity index is 859. The highest BCUT2D eigenvalue weighted by Crippen LogP contribution is 2.28. The third kappa shape index (κ3) is 4.26. The Morgan fingerprint density at radius 1 is 0.815 bits per heavy atom. The summed E-state index contributed by atoms with van der Waals surface area (Å²) in [4.78, 5) is 0. The first kappa shape index (κ1) is 18.7. The highest BCUT2D eigenvalue weighted by molar-refractivity contribution is 7.86. The van der Waals surface area contributed by atoms with Gasteiger partial charge in [-0.3, -0.25) is 0 Å². The van der Waals surface area contributed by atoms with Crippen LogP contribution in [0.4, 0.5) is 0 Å². The normalized spacial score (nSPS) is 19.7. The molecule has 2 aromatic carbocycles. The molecule has 0 spiro atoms. The number of fused-ring (bicyclic) bond motifs is 1. The Labute approximate surface area is 163 Å². The standard InChI is InChI=1S/C22H28N2O2S/c25-27(26,24-17-14-21-8-4-5-9-22(21)18-24)23-15-12-20(13-16-23)11-10-19-6-2-1-3-7-19/h1-9,20H,10-18H2. The summed E-state index contributed by atoms with van der Waals surface area (Å²) in [5.41, 5.74) is 3.80. The fraction of sp³-hybridized carbons (Fsp3) is 0.455. The molecule has 0 radical (unpaired) electrons. The van der Waals surface area contributed by atoms with Crippen LogP contribution >= 0.6 is 0 Å². The zero-order valence-electron chi connectivity index (χ0n) is 15.8. The Morgan fingerprint density at radius 3 is 2.22 bits per heavy atom. The Hall–Kier alpha value is -1.69. The van der Waals surface area contributed by atoms with Crippen LogP contribution in [0.25, 0.3) is 0 Å². The van der Waals surface area contributed by atoms with Crippen molar-refractivity contribution in [1.29, 1.82) is 0 Å². The number of nitrogens with zero attached hydrogens (tertiary/aromatic N) is 2. The smallest absolute Gasteiger partial charge is 0.195 e. The minimum atomic E-state index is -3.35. The molecule has 5 heteroatoms. The SMILES string of the molecule is O=S(=O)(N1CCC(CCc2ccccc2)CC1)N1CCc2ccccc2C1. The van der Waals surface area contributed by atoms with Crippen LogP contribution in [0.1, 0.15) is 36.0 Å². The van der Waals surface area contributed by atoms with Gasteiger partial charge in [-0.05, 0) is 54.7 Å². The van der Waals surface area contributed by atoms with Crippen molar-refractivity contribution in [1.82, 2.24) is 8.61 Å². The van der Waals surface area contributed by atoms with Crippen LogP contribution in [-0.2, 0) is 29.6 Å². The number of aryl methyl sites for hydroxylation is 1. The summed E-state index contributed by atoms with van der Waals surface area (Å²) in [6.07, 6.45) is 4.98. The van der Waals surface area contributed by atoms with E-state index in [9.17, 15) is 8.42 Å². The van der Waals surface area contributed by atoms with Gasteiger partial charge >= 0.3 is 0 Å². The highest BCUT2D eigenvalue weighted by Gasteiger charge is 2.34. The van der Waals surface area contributed by atoms with E-state index in [0.29, 0.717) is 32.1 Å². The van der Waals surface area contributed by atoms with Gasteiger partial charge < -0.3 is 0 Å². The van der Waals surface area contributed by atoms with Gasteiger partial charge in [0.25, 0.3) is 10.2 Å². The first-order valence-corrected chi connectivity index (χ1v) is 11.4. The molecule has 0 aliphatic carbocycles. The van der Waals surface area contributed by atoms with Gasteiger partial charge in [-0.2, -0.15) is 17.0 Å². The third-order valence-electron chi connectivity index (χ3n) is 6.01. The van der Waals surface area contributed by atoms with E-state index in [1.807, 2.05) is 24.3 Å². The van der Waals surface area contributed by atoms with Gasteiger partial charge in [-0.15, -0.1) is 0 Å². The maximum atomic E-state index is 13.1. The van der Waals surface area contributed by atoms with Crippen molar-refractivity contribution in [3.05, 3.63) is 71.3 Å². The van der Waals surface area contributed by atoms with Gasteiger partial charge in [-0.1, -0.05) is 54.6 Å². The number of rotatable bonds is 5. The minimum Gasteiger partial charge on any atom is -0.195 e. The van der Waals surface area contributed by atoms with E-state index in [0.717, 1.165) is 37.7 Å². The summed E-state index contributed by atoms with van der Waals surface area (Å²) in [5, 5.41) is 0. The molecule has 1 fully saturated rings. The van der Waals surface area contributed by atoms with Crippen molar-refractivity contribution in [3.63, 3.8) is 0 Å². The highest BCUT2D eigenvalue weighted by atomic mass is 32.2. The fourth-order valence-electron chi connectivity index (χ4n) is 4.27. The zero-order chi connectivity index (χ0) is 18.7. The molecule has 27 heavy (non-hydrogen) atoms. The summed E-state index contributed by atoms with van der Waals surface area (Å²) in [5.74, 6) is 0.624. The van der Waals surface area contributed by atoms with Crippen LogP contribution in [0.15, 0.2) is 54.6 Å². The van der Waals surface area contributed by atoms with E-state index in [4.69, 9.17) is 0 Å². The minimum absolute atomic E-state index is 0.506. The van der Waals surface area contributed by atoms with Gasteiger partial charge in [0.05, 0.1) is 0 Å². The second kappa shape index (κ2) is 8.13. The second-order valence-corrected chi connectivity index (χ2v) is 9.66. The molecular formula is C22H28N2O2S. The van der Waals surface area contributed by atoms with Crippen LogP contribution in [0.5, 0.6) is 0 Å². The lowest BCUT2D eigenvalue weighted by molar-refractivity contribution is 0.242. The Morgan fingerprint density at radius 2 is 1.48 bits per heavy atom. The van der Waals surface area contributed by atoms with E-state index in [2.05, 4.69) is 30.3 Å². The van der Waals surface area contributed by atoms with Gasteiger partial charge in [0.15, 0.2) is 0 Å². The molecule has 4 nitrogen and oxygen atoms in total. The van der Waals surface area contributed by atoms with E-state index in [-0.39, 0.29) is 0 Å². The summed E-state index contributed by atoms with van der Waals surface area (Å²) in [6, 6.07) is 18.7. The predicted molar refractivity (Wildman–Crippen MR) is 109 cm³/mol. The maximum absolute atomic E-state index is 13.1. The first-order valence-electron chi connectivity index (χ1n) is 9.99. The molecule has 144 valence electrons. The van der Waals surface area contributed by atoms with Gasteiger partial charge in [-0.25, -0.2) is 0 Å². The lowest BCUT2D eigenvalue weighted by Gasteiger charge is -2.36. The van der Waals surface area contributed by atoms with Crippen molar-refractivity contribution in [2.45, 2.75) is 38.6 Å². The lowest BCUT2D eigenvalue weighted by Crippen LogP contribution is -2.48. The summed E-state index contributed by atoms with van der Waals surface area (Å²) < 4.78 is 29.6. The molecule has 0 bridgehead atoms. The maximum Gasteiger partial charge on any atom is 0.282 e. The Balaban J connectivity index is 1.32. The third-order valence-corrected chi connectivity index (χ3v) is 7.99. The van der Waals surface area contributed by atoms with Gasteiger partial charge in [0.2, 0.25) is 0 Å². The molecule has 2 aromatic rings. The summed E-state index contributed by atoms with van der Waals surface area (Å²) >= 11 is 0. The average Bonchev–Trinajstić information content (AvgIpc) is 2.73. The number of hydrogen-bond acceptors (Lipinski definition) is 2. The van der Waals surface area contributed by atoms with E-state index in [1.54, 1.807) is 8.61 Å². The lowest BCUT2D eigenvalue weighted by atomic mass is 9.91. The van der Waals surface area contributed by atoms with Crippen molar-refractivity contribution in [2.75, 3.05) is 19.6 Å². The molecule has 0 unspecified atom stereocenters. The van der Waals surface area contributed by atoms with E-state index >= 15 is 0 Å². The molecule has 0 aromatic heterocycles. The number of benzene rings is 2. The summed E-state index contributed by atoms with van der Waals surface area (Å²) in [7, 11) is -3.35. The predicted octanol–water partition coefficient (Wildman–Crippen LogP) is 3.63.